The molecule has 172 valence electrons. The molecular formula is C27H23ClN2O4. The molecule has 1 aromatic heterocycles. The van der Waals surface area contributed by atoms with Gasteiger partial charge in [-0.25, -0.2) is 0 Å². The molecule has 0 bridgehead atoms. The Kier molecular flexibility index (Phi) is 5.99. The summed E-state index contributed by atoms with van der Waals surface area (Å²) in [5, 5.41) is 4.84. The Bertz CT molecular complexity index is 1350. The molecule has 0 aliphatic carbocycles. The largest absolute Gasteiger partial charge is 0.454 e. The quantitative estimate of drug-likeness (QED) is 0.333. The zero-order valence-corrected chi connectivity index (χ0v) is 19.6. The van der Waals surface area contributed by atoms with Gasteiger partial charge in [0, 0.05) is 28.8 Å². The van der Waals surface area contributed by atoms with E-state index in [1.807, 2.05) is 38.1 Å². The molecule has 3 aromatic carbocycles. The average Bonchev–Trinajstić information content (AvgIpc) is 3.49. The molecule has 0 fully saturated rings. The maximum atomic E-state index is 13.4. The highest BCUT2D eigenvalue weighted by atomic mass is 35.5. The van der Waals surface area contributed by atoms with E-state index in [2.05, 4.69) is 23.4 Å². The number of amides is 1. The summed E-state index contributed by atoms with van der Waals surface area (Å²) in [6, 6.07) is 20.6. The Morgan fingerprint density at radius 3 is 2.56 bits per heavy atom. The average molecular weight is 475 g/mol. The number of halogens is 1. The number of nitrogens with zero attached hydrogens (tertiary/aromatic N) is 2. The first kappa shape index (κ1) is 22.0. The van der Waals surface area contributed by atoms with Crippen LogP contribution < -0.4 is 9.47 Å². The van der Waals surface area contributed by atoms with Gasteiger partial charge in [-0.15, -0.1) is 0 Å². The van der Waals surface area contributed by atoms with Gasteiger partial charge in [0.25, 0.3) is 5.91 Å². The van der Waals surface area contributed by atoms with Crippen LogP contribution in [-0.2, 0) is 13.1 Å². The van der Waals surface area contributed by atoms with Gasteiger partial charge in [-0.05, 0) is 67.4 Å². The van der Waals surface area contributed by atoms with Crippen molar-refractivity contribution in [1.82, 2.24) is 10.1 Å². The predicted molar refractivity (Wildman–Crippen MR) is 129 cm³/mol. The van der Waals surface area contributed by atoms with E-state index in [-0.39, 0.29) is 19.2 Å². The Labute approximate surface area is 202 Å². The van der Waals surface area contributed by atoms with Crippen LogP contribution in [0.1, 0.15) is 32.7 Å². The Morgan fingerprint density at radius 2 is 1.74 bits per heavy atom. The maximum absolute atomic E-state index is 13.4. The van der Waals surface area contributed by atoms with E-state index in [4.69, 9.17) is 25.6 Å². The zero-order chi connectivity index (χ0) is 23.7. The summed E-state index contributed by atoms with van der Waals surface area (Å²) in [7, 11) is 0. The number of hydrogen-bond acceptors (Lipinski definition) is 5. The van der Waals surface area contributed by atoms with Gasteiger partial charge in [-0.3, -0.25) is 4.79 Å². The molecule has 4 aromatic rings. The molecule has 0 radical (unpaired) electrons. The van der Waals surface area contributed by atoms with Gasteiger partial charge < -0.3 is 18.9 Å². The minimum atomic E-state index is -0.134. The molecule has 34 heavy (non-hydrogen) atoms. The van der Waals surface area contributed by atoms with E-state index >= 15 is 0 Å². The van der Waals surface area contributed by atoms with Crippen molar-refractivity contribution in [2.45, 2.75) is 26.9 Å². The summed E-state index contributed by atoms with van der Waals surface area (Å²) < 4.78 is 16.6. The summed E-state index contributed by atoms with van der Waals surface area (Å²) in [6.07, 6.45) is 0. The number of aromatic nitrogens is 1. The lowest BCUT2D eigenvalue weighted by molar-refractivity contribution is 0.0726. The number of fused-ring (bicyclic) bond motifs is 1. The fourth-order valence-electron chi connectivity index (χ4n) is 3.94. The fraction of sp³-hybridized carbons (Fsp3) is 0.185. The lowest BCUT2D eigenvalue weighted by atomic mass is 10.0. The Hall–Kier alpha value is -3.77. The van der Waals surface area contributed by atoms with Crippen LogP contribution in [0.15, 0.2) is 71.3 Å². The molecule has 1 aliphatic heterocycles. The number of benzene rings is 3. The number of aryl methyl sites for hydroxylation is 2. The Balaban J connectivity index is 1.43. The molecule has 1 amide bonds. The second-order valence-corrected chi connectivity index (χ2v) is 8.79. The van der Waals surface area contributed by atoms with E-state index in [9.17, 15) is 4.79 Å². The SMILES string of the molecule is Cc1ccc(C)c(-c2cc(CN(Cc3ccc4c(c3)OCO4)C(=O)c3ccc(Cl)cc3)no2)c1. The third-order valence-electron chi connectivity index (χ3n) is 5.76. The van der Waals surface area contributed by atoms with Crippen LogP contribution in [0.4, 0.5) is 0 Å². The van der Waals surface area contributed by atoms with Crippen molar-refractivity contribution in [3.8, 4) is 22.8 Å². The summed E-state index contributed by atoms with van der Waals surface area (Å²) in [5.41, 5.74) is 5.36. The molecule has 0 saturated carbocycles. The minimum absolute atomic E-state index is 0.134. The van der Waals surface area contributed by atoms with E-state index in [0.29, 0.717) is 40.1 Å². The Morgan fingerprint density at radius 1 is 0.941 bits per heavy atom. The lowest BCUT2D eigenvalue weighted by Crippen LogP contribution is -2.30. The topological polar surface area (TPSA) is 64.8 Å². The monoisotopic (exact) mass is 474 g/mol. The first-order chi connectivity index (χ1) is 16.5. The van der Waals surface area contributed by atoms with Crippen LogP contribution >= 0.6 is 11.6 Å². The lowest BCUT2D eigenvalue weighted by Gasteiger charge is -2.22. The zero-order valence-electron chi connectivity index (χ0n) is 18.9. The molecule has 0 atom stereocenters. The smallest absolute Gasteiger partial charge is 0.254 e. The molecule has 0 spiro atoms. The molecule has 2 heterocycles. The third-order valence-corrected chi connectivity index (χ3v) is 6.01. The standard InChI is InChI=1S/C27H23ClN2O4/c1-17-3-4-18(2)23(11-17)25-13-22(29-34-25)15-30(27(31)20-6-8-21(28)9-7-20)14-19-5-10-24-26(12-19)33-16-32-24/h3-13H,14-16H2,1-2H3. The second kappa shape index (κ2) is 9.23. The van der Waals surface area contributed by atoms with Crippen molar-refractivity contribution in [1.29, 1.82) is 0 Å². The van der Waals surface area contributed by atoms with E-state index < -0.39 is 0 Å². The third kappa shape index (κ3) is 4.63. The van der Waals surface area contributed by atoms with Gasteiger partial charge in [0.2, 0.25) is 6.79 Å². The summed E-state index contributed by atoms with van der Waals surface area (Å²) in [4.78, 5) is 15.2. The van der Waals surface area contributed by atoms with Crippen LogP contribution in [0, 0.1) is 13.8 Å². The molecule has 7 heteroatoms. The molecule has 0 N–H and O–H groups in total. The normalized spacial score (nSPS) is 12.1. The van der Waals surface area contributed by atoms with E-state index in [1.165, 1.54) is 0 Å². The summed E-state index contributed by atoms with van der Waals surface area (Å²) >= 11 is 6.02. The fourth-order valence-corrected chi connectivity index (χ4v) is 4.07. The van der Waals surface area contributed by atoms with Crippen molar-refractivity contribution < 1.29 is 18.8 Å². The molecule has 1 aliphatic rings. The number of ether oxygens (including phenoxy) is 2. The van der Waals surface area contributed by atoms with Crippen molar-refractivity contribution in [2.24, 2.45) is 0 Å². The van der Waals surface area contributed by atoms with Gasteiger partial charge in [-0.2, -0.15) is 0 Å². The number of rotatable bonds is 6. The predicted octanol–water partition coefficient (Wildman–Crippen LogP) is 6.18. The highest BCUT2D eigenvalue weighted by molar-refractivity contribution is 6.30. The number of hydrogen-bond donors (Lipinski definition) is 0. The van der Waals surface area contributed by atoms with Gasteiger partial charge in [0.15, 0.2) is 17.3 Å². The van der Waals surface area contributed by atoms with Gasteiger partial charge in [0.1, 0.15) is 5.69 Å². The van der Waals surface area contributed by atoms with E-state index in [1.54, 1.807) is 29.2 Å². The summed E-state index contributed by atoms with van der Waals surface area (Å²) in [6.45, 7) is 4.92. The van der Waals surface area contributed by atoms with Crippen molar-refractivity contribution >= 4 is 17.5 Å². The maximum Gasteiger partial charge on any atom is 0.254 e. The van der Waals surface area contributed by atoms with Crippen molar-refractivity contribution in [3.63, 3.8) is 0 Å². The van der Waals surface area contributed by atoms with Gasteiger partial charge in [0.05, 0.1) is 6.54 Å². The molecule has 0 unspecified atom stereocenters. The van der Waals surface area contributed by atoms with Crippen molar-refractivity contribution in [2.75, 3.05) is 6.79 Å². The number of carbonyl (C=O) groups is 1. The summed E-state index contributed by atoms with van der Waals surface area (Å²) in [5.74, 6) is 1.92. The van der Waals surface area contributed by atoms with Gasteiger partial charge in [-0.1, -0.05) is 40.5 Å². The van der Waals surface area contributed by atoms with Crippen LogP contribution in [0.25, 0.3) is 11.3 Å². The first-order valence-electron chi connectivity index (χ1n) is 10.9. The first-order valence-corrected chi connectivity index (χ1v) is 11.3. The van der Waals surface area contributed by atoms with Crippen LogP contribution in [0.2, 0.25) is 5.02 Å². The highest BCUT2D eigenvalue weighted by Crippen LogP contribution is 2.33. The van der Waals surface area contributed by atoms with E-state index in [0.717, 1.165) is 22.3 Å². The molecular weight excluding hydrogens is 452 g/mol. The van der Waals surface area contributed by atoms with Crippen molar-refractivity contribution in [3.05, 3.63) is 99.7 Å². The minimum Gasteiger partial charge on any atom is -0.454 e. The number of carbonyl (C=O) groups excluding carboxylic acids is 1. The van der Waals surface area contributed by atoms with Gasteiger partial charge >= 0.3 is 0 Å². The van der Waals surface area contributed by atoms with Crippen LogP contribution in [0.5, 0.6) is 11.5 Å². The highest BCUT2D eigenvalue weighted by Gasteiger charge is 2.21. The molecule has 5 rings (SSSR count). The van der Waals surface area contributed by atoms with Crippen LogP contribution in [-0.4, -0.2) is 22.8 Å². The second-order valence-electron chi connectivity index (χ2n) is 8.36. The molecule has 6 nitrogen and oxygen atoms in total. The molecule has 0 saturated heterocycles. The van der Waals surface area contributed by atoms with Crippen LogP contribution in [0.3, 0.4) is 0 Å².